The standard InChI is InChI=1S/C26H33FN2O2/c1-19-8-10-21(11-9-19)14-17-25(30)29(18-22-12-15-23(27)16-13-22)20(2)26(31)28-24-6-4-3-5-7-24/h8-13,15-16,20,24H,3-7,14,17-18H2,1-2H3,(H,28,31)/t20-/m1/s1. The largest absolute Gasteiger partial charge is 0.352 e. The maximum absolute atomic E-state index is 13.3. The van der Waals surface area contributed by atoms with Gasteiger partial charge in [0.25, 0.3) is 0 Å². The molecular formula is C26H33FN2O2. The van der Waals surface area contributed by atoms with Crippen LogP contribution >= 0.6 is 0 Å². The molecule has 1 fully saturated rings. The molecule has 1 aliphatic carbocycles. The molecule has 0 saturated heterocycles. The van der Waals surface area contributed by atoms with E-state index in [9.17, 15) is 14.0 Å². The van der Waals surface area contributed by atoms with E-state index < -0.39 is 6.04 Å². The fourth-order valence-electron chi connectivity index (χ4n) is 4.09. The number of benzene rings is 2. The zero-order chi connectivity index (χ0) is 22.2. The maximum atomic E-state index is 13.3. The summed E-state index contributed by atoms with van der Waals surface area (Å²) in [6.45, 7) is 4.10. The van der Waals surface area contributed by atoms with E-state index >= 15 is 0 Å². The third-order valence-corrected chi connectivity index (χ3v) is 6.13. The average Bonchev–Trinajstić information content (AvgIpc) is 2.78. The number of aryl methyl sites for hydroxylation is 2. The topological polar surface area (TPSA) is 49.4 Å². The zero-order valence-electron chi connectivity index (χ0n) is 18.6. The molecule has 0 heterocycles. The van der Waals surface area contributed by atoms with Gasteiger partial charge in [0.15, 0.2) is 0 Å². The molecule has 31 heavy (non-hydrogen) atoms. The van der Waals surface area contributed by atoms with Gasteiger partial charge >= 0.3 is 0 Å². The second-order valence-electron chi connectivity index (χ2n) is 8.65. The number of hydrogen-bond acceptors (Lipinski definition) is 2. The Balaban J connectivity index is 1.69. The first-order valence-corrected chi connectivity index (χ1v) is 11.3. The summed E-state index contributed by atoms with van der Waals surface area (Å²) in [4.78, 5) is 27.7. The highest BCUT2D eigenvalue weighted by Gasteiger charge is 2.27. The smallest absolute Gasteiger partial charge is 0.242 e. The van der Waals surface area contributed by atoms with Gasteiger partial charge < -0.3 is 10.2 Å². The van der Waals surface area contributed by atoms with Crippen molar-refractivity contribution in [3.63, 3.8) is 0 Å². The summed E-state index contributed by atoms with van der Waals surface area (Å²) < 4.78 is 13.3. The van der Waals surface area contributed by atoms with Crippen LogP contribution in [0.1, 0.15) is 62.1 Å². The van der Waals surface area contributed by atoms with Gasteiger partial charge in [0.2, 0.25) is 11.8 Å². The number of carbonyl (C=O) groups excluding carboxylic acids is 2. The van der Waals surface area contributed by atoms with E-state index in [2.05, 4.69) is 5.32 Å². The lowest BCUT2D eigenvalue weighted by atomic mass is 9.95. The van der Waals surface area contributed by atoms with Gasteiger partial charge in [-0.1, -0.05) is 61.2 Å². The molecule has 2 aromatic rings. The molecule has 0 bridgehead atoms. The highest BCUT2D eigenvalue weighted by atomic mass is 19.1. The van der Waals surface area contributed by atoms with Crippen LogP contribution in [0.25, 0.3) is 0 Å². The maximum Gasteiger partial charge on any atom is 0.242 e. The van der Waals surface area contributed by atoms with Crippen LogP contribution in [-0.4, -0.2) is 28.8 Å². The van der Waals surface area contributed by atoms with Crippen molar-refractivity contribution < 1.29 is 14.0 Å². The SMILES string of the molecule is Cc1ccc(CCC(=O)N(Cc2ccc(F)cc2)[C@H](C)C(=O)NC2CCCCC2)cc1. The van der Waals surface area contributed by atoms with Gasteiger partial charge in [-0.05, 0) is 56.4 Å². The average molecular weight is 425 g/mol. The second kappa shape index (κ2) is 11.1. The highest BCUT2D eigenvalue weighted by molar-refractivity contribution is 5.87. The summed E-state index contributed by atoms with van der Waals surface area (Å²) in [7, 11) is 0. The van der Waals surface area contributed by atoms with Crippen molar-refractivity contribution in [3.05, 3.63) is 71.0 Å². The first-order valence-electron chi connectivity index (χ1n) is 11.3. The van der Waals surface area contributed by atoms with E-state index in [1.54, 1.807) is 24.0 Å². The summed E-state index contributed by atoms with van der Waals surface area (Å²) in [5.74, 6) is -0.502. The molecule has 2 aromatic carbocycles. The Kier molecular flexibility index (Phi) is 8.21. The molecule has 2 amide bonds. The van der Waals surface area contributed by atoms with Gasteiger partial charge in [0, 0.05) is 19.0 Å². The van der Waals surface area contributed by atoms with Crippen LogP contribution in [0.15, 0.2) is 48.5 Å². The molecule has 0 spiro atoms. The predicted molar refractivity (Wildman–Crippen MR) is 121 cm³/mol. The number of nitrogens with one attached hydrogen (secondary N) is 1. The van der Waals surface area contributed by atoms with Crippen molar-refractivity contribution in [2.45, 2.75) is 77.4 Å². The molecule has 1 aliphatic rings. The number of rotatable bonds is 8. The Hall–Kier alpha value is -2.69. The van der Waals surface area contributed by atoms with E-state index in [1.807, 2.05) is 31.2 Å². The highest BCUT2D eigenvalue weighted by Crippen LogP contribution is 2.19. The molecule has 4 nitrogen and oxygen atoms in total. The van der Waals surface area contributed by atoms with Crippen molar-refractivity contribution in [3.8, 4) is 0 Å². The van der Waals surface area contributed by atoms with E-state index in [1.165, 1.54) is 24.1 Å². The van der Waals surface area contributed by atoms with Crippen LogP contribution in [-0.2, 0) is 22.6 Å². The first kappa shape index (κ1) is 23.0. The third-order valence-electron chi connectivity index (χ3n) is 6.13. The predicted octanol–water partition coefficient (Wildman–Crippen LogP) is 4.93. The van der Waals surface area contributed by atoms with Crippen LogP contribution in [0.5, 0.6) is 0 Å². The lowest BCUT2D eigenvalue weighted by Gasteiger charge is -2.31. The molecule has 0 aliphatic heterocycles. The molecule has 5 heteroatoms. The van der Waals surface area contributed by atoms with Gasteiger partial charge in [0.05, 0.1) is 0 Å². The van der Waals surface area contributed by atoms with E-state index in [0.29, 0.717) is 12.8 Å². The fraction of sp³-hybridized carbons (Fsp3) is 0.462. The summed E-state index contributed by atoms with van der Waals surface area (Å²) in [6, 6.07) is 13.9. The third kappa shape index (κ3) is 6.91. The normalized spacial score (nSPS) is 15.3. The molecule has 1 atom stereocenters. The van der Waals surface area contributed by atoms with Crippen molar-refractivity contribution in [1.29, 1.82) is 0 Å². The summed E-state index contributed by atoms with van der Waals surface area (Å²) >= 11 is 0. The zero-order valence-corrected chi connectivity index (χ0v) is 18.6. The van der Waals surface area contributed by atoms with Crippen LogP contribution in [0.3, 0.4) is 0 Å². The van der Waals surface area contributed by atoms with Crippen molar-refractivity contribution in [2.24, 2.45) is 0 Å². The van der Waals surface area contributed by atoms with Crippen LogP contribution < -0.4 is 5.32 Å². The van der Waals surface area contributed by atoms with Gasteiger partial charge in [-0.25, -0.2) is 4.39 Å². The Labute approximate surface area is 184 Å². The lowest BCUT2D eigenvalue weighted by molar-refractivity contribution is -0.141. The molecule has 1 N–H and O–H groups in total. The Morgan fingerprint density at radius 1 is 1.00 bits per heavy atom. The summed E-state index contributed by atoms with van der Waals surface area (Å²) in [6.07, 6.45) is 6.43. The van der Waals surface area contributed by atoms with Gasteiger partial charge in [-0.2, -0.15) is 0 Å². The van der Waals surface area contributed by atoms with Crippen molar-refractivity contribution in [1.82, 2.24) is 10.2 Å². The van der Waals surface area contributed by atoms with E-state index in [0.717, 1.165) is 36.8 Å². The molecule has 1 saturated carbocycles. The molecule has 0 aromatic heterocycles. The molecule has 0 unspecified atom stereocenters. The van der Waals surface area contributed by atoms with Gasteiger partial charge in [-0.15, -0.1) is 0 Å². The van der Waals surface area contributed by atoms with Crippen molar-refractivity contribution >= 4 is 11.8 Å². The summed E-state index contributed by atoms with van der Waals surface area (Å²) in [5, 5.41) is 3.14. The van der Waals surface area contributed by atoms with Crippen LogP contribution in [0.4, 0.5) is 4.39 Å². The van der Waals surface area contributed by atoms with Crippen LogP contribution in [0.2, 0.25) is 0 Å². The minimum atomic E-state index is -0.586. The minimum Gasteiger partial charge on any atom is -0.352 e. The molecule has 166 valence electrons. The molecular weight excluding hydrogens is 391 g/mol. The van der Waals surface area contributed by atoms with E-state index in [-0.39, 0.29) is 30.2 Å². The quantitative estimate of drug-likeness (QED) is 0.653. The fourth-order valence-corrected chi connectivity index (χ4v) is 4.09. The van der Waals surface area contributed by atoms with Crippen molar-refractivity contribution in [2.75, 3.05) is 0 Å². The molecule has 0 radical (unpaired) electrons. The number of hydrogen-bond donors (Lipinski definition) is 1. The molecule has 3 rings (SSSR count). The summed E-state index contributed by atoms with van der Waals surface area (Å²) in [5.41, 5.74) is 3.09. The Morgan fingerprint density at radius 3 is 2.26 bits per heavy atom. The Bertz CT molecular complexity index is 858. The minimum absolute atomic E-state index is 0.0730. The second-order valence-corrected chi connectivity index (χ2v) is 8.65. The number of nitrogens with zero attached hydrogens (tertiary/aromatic N) is 1. The van der Waals surface area contributed by atoms with Gasteiger partial charge in [0.1, 0.15) is 11.9 Å². The number of carbonyl (C=O) groups is 2. The van der Waals surface area contributed by atoms with Crippen LogP contribution in [0, 0.1) is 12.7 Å². The van der Waals surface area contributed by atoms with Gasteiger partial charge in [-0.3, -0.25) is 9.59 Å². The lowest BCUT2D eigenvalue weighted by Crippen LogP contribution is -2.50. The first-order chi connectivity index (χ1) is 14.9. The number of halogens is 1. The Morgan fingerprint density at radius 2 is 1.61 bits per heavy atom. The monoisotopic (exact) mass is 424 g/mol. The van der Waals surface area contributed by atoms with E-state index in [4.69, 9.17) is 0 Å². The number of amides is 2.